The van der Waals surface area contributed by atoms with Crippen molar-refractivity contribution in [1.29, 1.82) is 0 Å². The van der Waals surface area contributed by atoms with E-state index in [9.17, 15) is 13.9 Å². The average molecular weight is 296 g/mol. The van der Waals surface area contributed by atoms with Gasteiger partial charge in [-0.1, -0.05) is 0 Å². The van der Waals surface area contributed by atoms with Crippen LogP contribution < -0.4 is 10.5 Å². The van der Waals surface area contributed by atoms with Crippen LogP contribution in [0.5, 0.6) is 11.5 Å². The summed E-state index contributed by atoms with van der Waals surface area (Å²) in [5.74, 6) is 0.129. The lowest BCUT2D eigenvalue weighted by Crippen LogP contribution is -2.14. The van der Waals surface area contributed by atoms with Gasteiger partial charge in [0.1, 0.15) is 0 Å². The van der Waals surface area contributed by atoms with Crippen LogP contribution in [0.1, 0.15) is 18.0 Å². The zero-order valence-electron chi connectivity index (χ0n) is 8.58. The second-order valence-corrected chi connectivity index (χ2v) is 4.14. The lowest BCUT2D eigenvalue weighted by atomic mass is 10.0. The van der Waals surface area contributed by atoms with E-state index in [1.807, 2.05) is 0 Å². The molecule has 0 unspecified atom stereocenters. The normalized spacial score (nSPS) is 12.9. The van der Waals surface area contributed by atoms with Gasteiger partial charge < -0.3 is 15.6 Å². The number of hydrogen-bond donors (Lipinski definition) is 2. The van der Waals surface area contributed by atoms with Gasteiger partial charge in [-0.2, -0.15) is 0 Å². The molecule has 1 atom stereocenters. The standard InChI is InChI=1S/C10H12BrF2NO2/c1-16-8-3-5(2-6(11)10(8)15)7(14)4-9(12)13/h2-3,7,9,15H,4,14H2,1H3/t7-/m0/s1. The number of halogens is 3. The molecule has 0 aliphatic heterocycles. The molecular formula is C10H12BrF2NO2. The molecule has 6 heteroatoms. The molecule has 0 aliphatic rings. The second-order valence-electron chi connectivity index (χ2n) is 3.29. The summed E-state index contributed by atoms with van der Waals surface area (Å²) in [6.45, 7) is 0. The van der Waals surface area contributed by atoms with E-state index in [-0.39, 0.29) is 11.5 Å². The van der Waals surface area contributed by atoms with E-state index in [4.69, 9.17) is 10.5 Å². The number of phenolic OH excluding ortho intramolecular Hbond substituents is 1. The molecule has 16 heavy (non-hydrogen) atoms. The lowest BCUT2D eigenvalue weighted by Gasteiger charge is -2.14. The monoisotopic (exact) mass is 295 g/mol. The Hall–Kier alpha value is -0.880. The van der Waals surface area contributed by atoms with Crippen molar-refractivity contribution in [2.45, 2.75) is 18.9 Å². The van der Waals surface area contributed by atoms with Crippen molar-refractivity contribution >= 4 is 15.9 Å². The molecule has 0 radical (unpaired) electrons. The molecule has 0 aliphatic carbocycles. The summed E-state index contributed by atoms with van der Waals surface area (Å²) < 4.78 is 29.6. The van der Waals surface area contributed by atoms with Gasteiger partial charge in [0.25, 0.3) is 0 Å². The first kappa shape index (κ1) is 13.2. The fraction of sp³-hybridized carbons (Fsp3) is 0.400. The molecule has 0 bridgehead atoms. The quantitative estimate of drug-likeness (QED) is 0.898. The van der Waals surface area contributed by atoms with Crippen LogP contribution in [0.15, 0.2) is 16.6 Å². The van der Waals surface area contributed by atoms with Crippen LogP contribution in [0.25, 0.3) is 0 Å². The highest BCUT2D eigenvalue weighted by atomic mass is 79.9. The van der Waals surface area contributed by atoms with Crippen LogP contribution in [0.2, 0.25) is 0 Å². The largest absolute Gasteiger partial charge is 0.503 e. The Labute approximate surface area is 100 Å². The predicted octanol–water partition coefficient (Wildman–Crippen LogP) is 2.82. The van der Waals surface area contributed by atoms with Crippen LogP contribution >= 0.6 is 15.9 Å². The van der Waals surface area contributed by atoms with Crippen LogP contribution in [0, 0.1) is 0 Å². The number of ether oxygens (including phenoxy) is 1. The number of nitrogens with two attached hydrogens (primary N) is 1. The maximum atomic E-state index is 12.2. The fourth-order valence-corrected chi connectivity index (χ4v) is 1.75. The van der Waals surface area contributed by atoms with Gasteiger partial charge in [-0.05, 0) is 33.6 Å². The van der Waals surface area contributed by atoms with Gasteiger partial charge in [-0.25, -0.2) is 8.78 Å². The van der Waals surface area contributed by atoms with Crippen molar-refractivity contribution in [3.8, 4) is 11.5 Å². The molecule has 0 spiro atoms. The van der Waals surface area contributed by atoms with Gasteiger partial charge in [-0.15, -0.1) is 0 Å². The molecule has 0 heterocycles. The maximum Gasteiger partial charge on any atom is 0.240 e. The molecule has 1 aromatic carbocycles. The average Bonchev–Trinajstić information content (AvgIpc) is 2.20. The lowest BCUT2D eigenvalue weighted by molar-refractivity contribution is 0.128. The Kier molecular flexibility index (Phi) is 4.49. The first-order valence-electron chi connectivity index (χ1n) is 4.55. The van der Waals surface area contributed by atoms with E-state index in [1.165, 1.54) is 19.2 Å². The molecule has 1 aromatic rings. The Morgan fingerprint density at radius 1 is 1.50 bits per heavy atom. The summed E-state index contributed by atoms with van der Waals surface area (Å²) in [7, 11) is 1.38. The van der Waals surface area contributed by atoms with Gasteiger partial charge in [-0.3, -0.25) is 0 Å². The molecule has 0 aromatic heterocycles. The van der Waals surface area contributed by atoms with Crippen molar-refractivity contribution in [3.05, 3.63) is 22.2 Å². The van der Waals surface area contributed by atoms with E-state index in [2.05, 4.69) is 15.9 Å². The molecular weight excluding hydrogens is 284 g/mol. The molecule has 1 rings (SSSR count). The number of phenols is 1. The number of benzene rings is 1. The summed E-state index contributed by atoms with van der Waals surface area (Å²) in [4.78, 5) is 0. The molecule has 90 valence electrons. The molecule has 3 N–H and O–H groups in total. The highest BCUT2D eigenvalue weighted by molar-refractivity contribution is 9.10. The summed E-state index contributed by atoms with van der Waals surface area (Å²) in [6, 6.07) is 2.17. The number of hydrogen-bond acceptors (Lipinski definition) is 3. The topological polar surface area (TPSA) is 55.5 Å². The minimum atomic E-state index is -2.46. The SMILES string of the molecule is COc1cc([C@@H](N)CC(F)F)cc(Br)c1O. The van der Waals surface area contributed by atoms with Gasteiger partial charge in [0.15, 0.2) is 11.5 Å². The predicted molar refractivity (Wildman–Crippen MR) is 59.9 cm³/mol. The number of aromatic hydroxyl groups is 1. The zero-order valence-corrected chi connectivity index (χ0v) is 10.2. The van der Waals surface area contributed by atoms with E-state index < -0.39 is 18.9 Å². The molecule has 0 saturated carbocycles. The van der Waals surface area contributed by atoms with Crippen LogP contribution in [-0.4, -0.2) is 18.6 Å². The van der Waals surface area contributed by atoms with Crippen LogP contribution in [-0.2, 0) is 0 Å². The minimum Gasteiger partial charge on any atom is -0.503 e. The van der Waals surface area contributed by atoms with Crippen molar-refractivity contribution in [3.63, 3.8) is 0 Å². The number of methoxy groups -OCH3 is 1. The third-order valence-electron chi connectivity index (χ3n) is 2.13. The second kappa shape index (κ2) is 5.45. The Balaban J connectivity index is 3.01. The number of alkyl halides is 2. The molecule has 0 fully saturated rings. The van der Waals surface area contributed by atoms with Gasteiger partial charge in [0.05, 0.1) is 11.6 Å². The first-order chi connectivity index (χ1) is 7.45. The maximum absolute atomic E-state index is 12.2. The van der Waals surface area contributed by atoms with Crippen LogP contribution in [0.4, 0.5) is 8.78 Å². The fourth-order valence-electron chi connectivity index (χ4n) is 1.29. The Bertz CT molecular complexity index is 374. The summed E-state index contributed by atoms with van der Waals surface area (Å²) in [6.07, 6.45) is -2.89. The van der Waals surface area contributed by atoms with Gasteiger partial charge >= 0.3 is 0 Å². The molecule has 3 nitrogen and oxygen atoms in total. The van der Waals surface area contributed by atoms with E-state index in [0.29, 0.717) is 10.0 Å². The van der Waals surface area contributed by atoms with E-state index in [1.54, 1.807) is 0 Å². The van der Waals surface area contributed by atoms with Crippen LogP contribution in [0.3, 0.4) is 0 Å². The highest BCUT2D eigenvalue weighted by Gasteiger charge is 2.16. The third kappa shape index (κ3) is 3.05. The van der Waals surface area contributed by atoms with Crippen molar-refractivity contribution < 1.29 is 18.6 Å². The highest BCUT2D eigenvalue weighted by Crippen LogP contribution is 2.37. The summed E-state index contributed by atoms with van der Waals surface area (Å²) in [5, 5.41) is 9.52. The smallest absolute Gasteiger partial charge is 0.240 e. The molecule has 0 amide bonds. The minimum absolute atomic E-state index is 0.0736. The van der Waals surface area contributed by atoms with E-state index in [0.717, 1.165) is 0 Å². The van der Waals surface area contributed by atoms with Crippen molar-refractivity contribution in [2.75, 3.05) is 7.11 Å². The number of rotatable bonds is 4. The van der Waals surface area contributed by atoms with Crippen molar-refractivity contribution in [2.24, 2.45) is 5.73 Å². The summed E-state index contributed by atoms with van der Waals surface area (Å²) in [5.41, 5.74) is 6.09. The summed E-state index contributed by atoms with van der Waals surface area (Å²) >= 11 is 3.10. The van der Waals surface area contributed by atoms with Crippen molar-refractivity contribution in [1.82, 2.24) is 0 Å². The van der Waals surface area contributed by atoms with Gasteiger partial charge in [0.2, 0.25) is 6.43 Å². The zero-order chi connectivity index (χ0) is 12.3. The van der Waals surface area contributed by atoms with E-state index >= 15 is 0 Å². The Morgan fingerprint density at radius 2 is 2.12 bits per heavy atom. The Morgan fingerprint density at radius 3 is 2.62 bits per heavy atom. The molecule has 0 saturated heterocycles. The van der Waals surface area contributed by atoms with Gasteiger partial charge in [0, 0.05) is 12.5 Å². The third-order valence-corrected chi connectivity index (χ3v) is 2.74. The first-order valence-corrected chi connectivity index (χ1v) is 5.35.